The molecular formula is C14H10F6N6O2. The van der Waals surface area contributed by atoms with Gasteiger partial charge in [-0.1, -0.05) is 0 Å². The van der Waals surface area contributed by atoms with Crippen LogP contribution >= 0.6 is 0 Å². The van der Waals surface area contributed by atoms with Crippen LogP contribution in [0.25, 0.3) is 5.82 Å². The Morgan fingerprint density at radius 3 is 2.25 bits per heavy atom. The number of aromatic nitrogens is 6. The van der Waals surface area contributed by atoms with Gasteiger partial charge in [-0.2, -0.15) is 46.5 Å². The second kappa shape index (κ2) is 6.69. The van der Waals surface area contributed by atoms with E-state index in [1.54, 1.807) is 0 Å². The highest BCUT2D eigenvalue weighted by atomic mass is 19.4. The number of rotatable bonds is 4. The zero-order valence-electron chi connectivity index (χ0n) is 14.1. The molecule has 0 aliphatic carbocycles. The molecule has 3 rings (SSSR count). The van der Waals surface area contributed by atoms with Crippen LogP contribution in [0.4, 0.5) is 26.3 Å². The molecule has 3 aromatic heterocycles. The van der Waals surface area contributed by atoms with Crippen molar-refractivity contribution < 1.29 is 35.8 Å². The summed E-state index contributed by atoms with van der Waals surface area (Å²) in [6, 6.07) is 1.32. The molecule has 0 aliphatic rings. The number of halogens is 6. The largest absolute Gasteiger partial charge is 0.481 e. The van der Waals surface area contributed by atoms with E-state index in [1.165, 1.54) is 20.2 Å². The van der Waals surface area contributed by atoms with Crippen molar-refractivity contribution in [2.75, 3.05) is 7.11 Å². The van der Waals surface area contributed by atoms with Gasteiger partial charge in [0, 0.05) is 25.4 Å². The average molecular weight is 408 g/mol. The van der Waals surface area contributed by atoms with Gasteiger partial charge in [0.1, 0.15) is 0 Å². The Morgan fingerprint density at radius 1 is 1.00 bits per heavy atom. The standard InChI is InChI=1S/C14H10F6N6O2/c1-25-11(3-8(24-25)14(18,19)20)28-12-22-9(4-10(23-12)27-2)26-6-7(5-21-26)13(15,16)17/h3-6H,1-2H3. The molecule has 0 aliphatic heterocycles. The van der Waals surface area contributed by atoms with Gasteiger partial charge in [0.15, 0.2) is 11.5 Å². The predicted molar refractivity (Wildman–Crippen MR) is 79.0 cm³/mol. The van der Waals surface area contributed by atoms with Crippen LogP contribution in [-0.2, 0) is 19.4 Å². The molecular weight excluding hydrogens is 398 g/mol. The lowest BCUT2D eigenvalue weighted by Crippen LogP contribution is -2.06. The zero-order valence-corrected chi connectivity index (χ0v) is 14.1. The maximum Gasteiger partial charge on any atom is 0.435 e. The fourth-order valence-electron chi connectivity index (χ4n) is 2.03. The third-order valence-electron chi connectivity index (χ3n) is 3.35. The van der Waals surface area contributed by atoms with Crippen LogP contribution < -0.4 is 9.47 Å². The number of ether oxygens (including phenoxy) is 2. The Hall–Kier alpha value is -3.32. The van der Waals surface area contributed by atoms with Crippen LogP contribution in [0.2, 0.25) is 0 Å². The van der Waals surface area contributed by atoms with Crippen molar-refractivity contribution in [1.29, 1.82) is 0 Å². The Balaban J connectivity index is 1.96. The third-order valence-corrected chi connectivity index (χ3v) is 3.35. The Kier molecular flexibility index (Phi) is 4.64. The molecule has 0 radical (unpaired) electrons. The molecule has 0 unspecified atom stereocenters. The first kappa shape index (κ1) is 19.4. The van der Waals surface area contributed by atoms with Crippen LogP contribution in [-0.4, -0.2) is 36.6 Å². The highest BCUT2D eigenvalue weighted by molar-refractivity contribution is 5.32. The van der Waals surface area contributed by atoms with E-state index in [1.807, 2.05) is 0 Å². The first-order chi connectivity index (χ1) is 13.0. The van der Waals surface area contributed by atoms with E-state index in [0.29, 0.717) is 18.5 Å². The fraction of sp³-hybridized carbons (Fsp3) is 0.286. The molecule has 28 heavy (non-hydrogen) atoms. The monoisotopic (exact) mass is 408 g/mol. The molecule has 14 heteroatoms. The van der Waals surface area contributed by atoms with Crippen molar-refractivity contribution in [3.63, 3.8) is 0 Å². The predicted octanol–water partition coefficient (Wildman–Crippen LogP) is 3.23. The number of nitrogens with zero attached hydrogens (tertiary/aromatic N) is 6. The quantitative estimate of drug-likeness (QED) is 0.617. The van der Waals surface area contributed by atoms with Gasteiger partial charge in [-0.25, -0.2) is 9.36 Å². The Morgan fingerprint density at radius 2 is 1.71 bits per heavy atom. The van der Waals surface area contributed by atoms with Crippen molar-refractivity contribution in [1.82, 2.24) is 29.5 Å². The van der Waals surface area contributed by atoms with Crippen molar-refractivity contribution in [3.8, 4) is 23.6 Å². The van der Waals surface area contributed by atoms with Crippen molar-refractivity contribution in [2.24, 2.45) is 7.05 Å². The van der Waals surface area contributed by atoms with Gasteiger partial charge in [0.05, 0.1) is 18.9 Å². The molecule has 0 amide bonds. The third kappa shape index (κ3) is 3.99. The normalized spacial score (nSPS) is 12.3. The summed E-state index contributed by atoms with van der Waals surface area (Å²) < 4.78 is 88.1. The van der Waals surface area contributed by atoms with E-state index in [9.17, 15) is 26.3 Å². The number of alkyl halides is 6. The van der Waals surface area contributed by atoms with Crippen molar-refractivity contribution in [2.45, 2.75) is 12.4 Å². The van der Waals surface area contributed by atoms with E-state index in [-0.39, 0.29) is 17.6 Å². The molecule has 0 saturated carbocycles. The van der Waals surface area contributed by atoms with E-state index in [2.05, 4.69) is 20.2 Å². The van der Waals surface area contributed by atoms with Gasteiger partial charge in [0.25, 0.3) is 0 Å². The van der Waals surface area contributed by atoms with Crippen LogP contribution in [0.15, 0.2) is 24.5 Å². The Labute approximate surface area is 152 Å². The summed E-state index contributed by atoms with van der Waals surface area (Å²) in [4.78, 5) is 7.65. The molecule has 0 N–H and O–H groups in total. The lowest BCUT2D eigenvalue weighted by Gasteiger charge is -2.08. The first-order valence-electron chi connectivity index (χ1n) is 7.32. The topological polar surface area (TPSA) is 79.9 Å². The molecule has 150 valence electrons. The first-order valence-corrected chi connectivity index (χ1v) is 7.32. The number of aryl methyl sites for hydroxylation is 1. The maximum absolute atomic E-state index is 12.7. The number of hydrogen-bond donors (Lipinski definition) is 0. The van der Waals surface area contributed by atoms with Gasteiger partial charge in [-0.05, 0) is 0 Å². The smallest absolute Gasteiger partial charge is 0.435 e. The van der Waals surface area contributed by atoms with Gasteiger partial charge in [-0.3, -0.25) is 0 Å². The maximum atomic E-state index is 12.7. The highest BCUT2D eigenvalue weighted by Crippen LogP contribution is 2.32. The lowest BCUT2D eigenvalue weighted by molar-refractivity contribution is -0.141. The number of hydrogen-bond acceptors (Lipinski definition) is 6. The summed E-state index contributed by atoms with van der Waals surface area (Å²) in [5.41, 5.74) is -2.22. The van der Waals surface area contributed by atoms with Crippen LogP contribution in [0.1, 0.15) is 11.3 Å². The summed E-state index contributed by atoms with van der Waals surface area (Å²) in [6.45, 7) is 0. The van der Waals surface area contributed by atoms with Crippen LogP contribution in [0.5, 0.6) is 17.8 Å². The SMILES string of the molecule is COc1cc(-n2cc(C(F)(F)F)cn2)nc(Oc2cc(C(F)(F)F)nn2C)n1. The minimum atomic E-state index is -4.69. The minimum Gasteiger partial charge on any atom is -0.481 e. The summed E-state index contributed by atoms with van der Waals surface area (Å²) >= 11 is 0. The average Bonchev–Trinajstić information content (AvgIpc) is 3.22. The second-order valence-electron chi connectivity index (χ2n) is 5.31. The van der Waals surface area contributed by atoms with Crippen LogP contribution in [0, 0.1) is 0 Å². The fourth-order valence-corrected chi connectivity index (χ4v) is 2.03. The van der Waals surface area contributed by atoms with Crippen molar-refractivity contribution >= 4 is 0 Å². The highest BCUT2D eigenvalue weighted by Gasteiger charge is 2.35. The van der Waals surface area contributed by atoms with Gasteiger partial charge >= 0.3 is 18.4 Å². The van der Waals surface area contributed by atoms with E-state index >= 15 is 0 Å². The minimum absolute atomic E-state index is 0.109. The van der Waals surface area contributed by atoms with Gasteiger partial charge in [-0.15, -0.1) is 0 Å². The number of methoxy groups -OCH3 is 1. The van der Waals surface area contributed by atoms with Crippen molar-refractivity contribution in [3.05, 3.63) is 35.8 Å². The van der Waals surface area contributed by atoms with Gasteiger partial charge < -0.3 is 9.47 Å². The summed E-state index contributed by atoms with van der Waals surface area (Å²) in [5, 5.41) is 6.83. The van der Waals surface area contributed by atoms with Crippen LogP contribution in [0.3, 0.4) is 0 Å². The van der Waals surface area contributed by atoms with Gasteiger partial charge in [0.2, 0.25) is 11.8 Å². The molecule has 3 aromatic rings. The molecule has 0 fully saturated rings. The summed E-state index contributed by atoms with van der Waals surface area (Å²) in [6.07, 6.45) is -8.04. The molecule has 0 atom stereocenters. The van der Waals surface area contributed by atoms with E-state index < -0.39 is 29.6 Å². The van der Waals surface area contributed by atoms with E-state index in [4.69, 9.17) is 9.47 Å². The second-order valence-corrected chi connectivity index (χ2v) is 5.31. The summed E-state index contributed by atoms with van der Waals surface area (Å²) in [7, 11) is 2.43. The zero-order chi connectivity index (χ0) is 20.7. The Bertz CT molecular complexity index is 993. The molecule has 8 nitrogen and oxygen atoms in total. The molecule has 0 aromatic carbocycles. The molecule has 0 spiro atoms. The summed E-state index contributed by atoms with van der Waals surface area (Å²) in [5.74, 6) is -0.610. The molecule has 0 bridgehead atoms. The molecule has 3 heterocycles. The molecule has 0 saturated heterocycles. The lowest BCUT2D eigenvalue weighted by atomic mass is 10.4. The van der Waals surface area contributed by atoms with E-state index in [0.717, 1.165) is 9.36 Å².